The fourth-order valence-electron chi connectivity index (χ4n) is 2.03. The molecule has 3 nitrogen and oxygen atoms in total. The molecule has 0 unspecified atom stereocenters. The minimum atomic E-state index is -0.152. The Bertz CT molecular complexity index is 665. The van der Waals surface area contributed by atoms with Crippen molar-refractivity contribution >= 4 is 23.3 Å². The highest BCUT2D eigenvalue weighted by molar-refractivity contribution is 6.31. The zero-order chi connectivity index (χ0) is 15.9. The zero-order valence-electron chi connectivity index (χ0n) is 12.4. The van der Waals surface area contributed by atoms with Crippen LogP contribution in [0.4, 0.5) is 0 Å². The topological polar surface area (TPSA) is 46.2 Å². The van der Waals surface area contributed by atoms with Crippen LogP contribution in [0.3, 0.4) is 0 Å². The summed E-state index contributed by atoms with van der Waals surface area (Å²) in [4.78, 5) is 23.8. The molecule has 2 aromatic carbocycles. The van der Waals surface area contributed by atoms with Crippen LogP contribution in [0.2, 0.25) is 5.02 Å². The standard InChI is InChI=1S/C18H18ClNO2/c1-13-6-8-14(9-7-13)17(21)10-11-18(22)20-12-15-4-2-3-5-16(15)19/h2-9H,10-12H2,1H3,(H,20,22). The molecule has 4 heteroatoms. The lowest BCUT2D eigenvalue weighted by Crippen LogP contribution is -2.23. The molecular formula is C18H18ClNO2. The molecule has 2 rings (SSSR count). The molecule has 1 amide bonds. The second-order valence-electron chi connectivity index (χ2n) is 5.16. The van der Waals surface area contributed by atoms with Gasteiger partial charge in [-0.25, -0.2) is 0 Å². The number of halogens is 1. The smallest absolute Gasteiger partial charge is 0.220 e. The van der Waals surface area contributed by atoms with Gasteiger partial charge in [-0.05, 0) is 18.6 Å². The van der Waals surface area contributed by atoms with Crippen LogP contribution in [-0.2, 0) is 11.3 Å². The number of amides is 1. The van der Waals surface area contributed by atoms with E-state index in [-0.39, 0.29) is 24.5 Å². The monoisotopic (exact) mass is 315 g/mol. The van der Waals surface area contributed by atoms with E-state index in [1.165, 1.54) is 0 Å². The lowest BCUT2D eigenvalue weighted by Gasteiger charge is -2.07. The summed E-state index contributed by atoms with van der Waals surface area (Å²) < 4.78 is 0. The van der Waals surface area contributed by atoms with E-state index in [9.17, 15) is 9.59 Å². The molecular weight excluding hydrogens is 298 g/mol. The Labute approximate surface area is 135 Å². The second-order valence-corrected chi connectivity index (χ2v) is 5.56. The van der Waals surface area contributed by atoms with Gasteiger partial charge in [0.25, 0.3) is 0 Å². The quantitative estimate of drug-likeness (QED) is 0.821. The normalized spacial score (nSPS) is 10.3. The molecule has 0 aliphatic carbocycles. The Kier molecular flexibility index (Phi) is 5.73. The molecule has 0 fully saturated rings. The predicted octanol–water partition coefficient (Wildman–Crippen LogP) is 3.93. The molecule has 0 aliphatic heterocycles. The third-order valence-electron chi connectivity index (χ3n) is 3.39. The number of ketones is 1. The van der Waals surface area contributed by atoms with Gasteiger partial charge >= 0.3 is 0 Å². The highest BCUT2D eigenvalue weighted by Crippen LogP contribution is 2.14. The molecule has 0 spiro atoms. The van der Waals surface area contributed by atoms with Gasteiger partial charge in [0.2, 0.25) is 5.91 Å². The lowest BCUT2D eigenvalue weighted by atomic mass is 10.0. The summed E-state index contributed by atoms with van der Waals surface area (Å²) in [7, 11) is 0. The van der Waals surface area contributed by atoms with Crippen LogP contribution in [0.5, 0.6) is 0 Å². The SMILES string of the molecule is Cc1ccc(C(=O)CCC(=O)NCc2ccccc2Cl)cc1. The highest BCUT2D eigenvalue weighted by atomic mass is 35.5. The van der Waals surface area contributed by atoms with Crippen molar-refractivity contribution in [1.82, 2.24) is 5.32 Å². The van der Waals surface area contributed by atoms with Crippen LogP contribution in [0.15, 0.2) is 48.5 Å². The summed E-state index contributed by atoms with van der Waals surface area (Å²) in [6, 6.07) is 14.7. The first kappa shape index (κ1) is 16.2. The first-order valence-electron chi connectivity index (χ1n) is 7.16. The third kappa shape index (κ3) is 4.71. The van der Waals surface area contributed by atoms with E-state index in [0.717, 1.165) is 11.1 Å². The van der Waals surface area contributed by atoms with Crippen LogP contribution in [-0.4, -0.2) is 11.7 Å². The maximum Gasteiger partial charge on any atom is 0.220 e. The minimum Gasteiger partial charge on any atom is -0.352 e. The number of aryl methyl sites for hydroxylation is 1. The third-order valence-corrected chi connectivity index (χ3v) is 3.76. The van der Waals surface area contributed by atoms with Crippen molar-refractivity contribution < 1.29 is 9.59 Å². The molecule has 22 heavy (non-hydrogen) atoms. The lowest BCUT2D eigenvalue weighted by molar-refractivity contribution is -0.121. The number of benzene rings is 2. The van der Waals surface area contributed by atoms with Gasteiger partial charge in [-0.2, -0.15) is 0 Å². The van der Waals surface area contributed by atoms with Crippen molar-refractivity contribution in [2.75, 3.05) is 0 Å². The van der Waals surface area contributed by atoms with Gasteiger partial charge in [-0.1, -0.05) is 59.6 Å². The molecule has 0 radical (unpaired) electrons. The molecule has 114 valence electrons. The second kappa shape index (κ2) is 7.76. The molecule has 0 atom stereocenters. The first-order chi connectivity index (χ1) is 10.6. The van der Waals surface area contributed by atoms with Crippen molar-refractivity contribution in [1.29, 1.82) is 0 Å². The Hall–Kier alpha value is -2.13. The van der Waals surface area contributed by atoms with E-state index in [1.54, 1.807) is 18.2 Å². The van der Waals surface area contributed by atoms with Gasteiger partial charge in [0, 0.05) is 30.0 Å². The van der Waals surface area contributed by atoms with Crippen LogP contribution >= 0.6 is 11.6 Å². The summed E-state index contributed by atoms with van der Waals surface area (Å²) >= 11 is 6.02. The van der Waals surface area contributed by atoms with E-state index in [1.807, 2.05) is 37.3 Å². The maximum atomic E-state index is 12.0. The van der Waals surface area contributed by atoms with Crippen LogP contribution in [0.25, 0.3) is 0 Å². The fourth-order valence-corrected chi connectivity index (χ4v) is 2.24. The number of Topliss-reactive ketones (excluding diaryl/α,β-unsaturated/α-hetero) is 1. The summed E-state index contributed by atoms with van der Waals surface area (Å²) in [5, 5.41) is 3.40. The van der Waals surface area contributed by atoms with Crippen LogP contribution in [0, 0.1) is 6.92 Å². The van der Waals surface area contributed by atoms with Crippen molar-refractivity contribution in [3.63, 3.8) is 0 Å². The molecule has 0 aliphatic rings. The Morgan fingerprint density at radius 2 is 1.68 bits per heavy atom. The minimum absolute atomic E-state index is 0.0205. The van der Waals surface area contributed by atoms with Crippen molar-refractivity contribution in [3.05, 3.63) is 70.2 Å². The molecule has 0 saturated carbocycles. The number of carbonyl (C=O) groups excluding carboxylic acids is 2. The number of nitrogens with one attached hydrogen (secondary N) is 1. The molecule has 1 N–H and O–H groups in total. The van der Waals surface area contributed by atoms with E-state index in [4.69, 9.17) is 11.6 Å². The van der Waals surface area contributed by atoms with Gasteiger partial charge in [-0.3, -0.25) is 9.59 Å². The number of carbonyl (C=O) groups is 2. The average molecular weight is 316 g/mol. The molecule has 0 saturated heterocycles. The average Bonchev–Trinajstić information content (AvgIpc) is 2.52. The van der Waals surface area contributed by atoms with Gasteiger partial charge in [0.15, 0.2) is 5.78 Å². The predicted molar refractivity (Wildman–Crippen MR) is 88.0 cm³/mol. The van der Waals surface area contributed by atoms with Gasteiger partial charge in [0.1, 0.15) is 0 Å². The van der Waals surface area contributed by atoms with Crippen molar-refractivity contribution in [3.8, 4) is 0 Å². The van der Waals surface area contributed by atoms with Crippen molar-refractivity contribution in [2.24, 2.45) is 0 Å². The summed E-state index contributed by atoms with van der Waals surface area (Å²) in [6.07, 6.45) is 0.384. The number of hydrogen-bond donors (Lipinski definition) is 1. The Morgan fingerprint density at radius 1 is 1.00 bits per heavy atom. The maximum absolute atomic E-state index is 12.0. The molecule has 0 bridgehead atoms. The summed E-state index contributed by atoms with van der Waals surface area (Å²) in [6.45, 7) is 2.34. The molecule has 0 aromatic heterocycles. The van der Waals surface area contributed by atoms with E-state index in [2.05, 4.69) is 5.32 Å². The summed E-state index contributed by atoms with van der Waals surface area (Å²) in [5.41, 5.74) is 2.61. The zero-order valence-corrected chi connectivity index (χ0v) is 13.2. The van der Waals surface area contributed by atoms with Gasteiger partial charge in [-0.15, -0.1) is 0 Å². The highest BCUT2D eigenvalue weighted by Gasteiger charge is 2.09. The van der Waals surface area contributed by atoms with E-state index >= 15 is 0 Å². The molecule has 2 aromatic rings. The van der Waals surface area contributed by atoms with Crippen LogP contribution < -0.4 is 5.32 Å². The Morgan fingerprint density at radius 3 is 2.36 bits per heavy atom. The number of rotatable bonds is 6. The van der Waals surface area contributed by atoms with Crippen molar-refractivity contribution in [2.45, 2.75) is 26.3 Å². The van der Waals surface area contributed by atoms with E-state index in [0.29, 0.717) is 17.1 Å². The fraction of sp³-hybridized carbons (Fsp3) is 0.222. The van der Waals surface area contributed by atoms with Crippen LogP contribution in [0.1, 0.15) is 34.3 Å². The summed E-state index contributed by atoms with van der Waals surface area (Å²) in [5.74, 6) is -0.173. The largest absolute Gasteiger partial charge is 0.352 e. The Balaban J connectivity index is 1.79. The molecule has 0 heterocycles. The van der Waals surface area contributed by atoms with E-state index < -0.39 is 0 Å². The first-order valence-corrected chi connectivity index (χ1v) is 7.54. The van der Waals surface area contributed by atoms with Gasteiger partial charge in [0.05, 0.1) is 0 Å². The van der Waals surface area contributed by atoms with Gasteiger partial charge < -0.3 is 5.32 Å². The number of hydrogen-bond acceptors (Lipinski definition) is 2.